The van der Waals surface area contributed by atoms with Gasteiger partial charge in [-0.1, -0.05) is 26.0 Å². The molecule has 0 aromatic heterocycles. The molecule has 0 bridgehead atoms. The summed E-state index contributed by atoms with van der Waals surface area (Å²) in [5, 5.41) is 6.20. The minimum absolute atomic E-state index is 0.0432. The van der Waals surface area contributed by atoms with E-state index in [1.807, 2.05) is 24.3 Å². The molecule has 1 fully saturated rings. The third-order valence-corrected chi connectivity index (χ3v) is 3.22. The van der Waals surface area contributed by atoms with Crippen molar-refractivity contribution in [2.75, 3.05) is 25.1 Å². The van der Waals surface area contributed by atoms with Gasteiger partial charge >= 0.3 is 0 Å². The summed E-state index contributed by atoms with van der Waals surface area (Å²) in [6.45, 7) is 6.32. The number of nitrogens with one attached hydrogen (secondary N) is 2. The second kappa shape index (κ2) is 8.12. The van der Waals surface area contributed by atoms with Crippen LogP contribution in [0.4, 0.5) is 5.69 Å². The van der Waals surface area contributed by atoms with Crippen molar-refractivity contribution in [3.63, 3.8) is 0 Å². The van der Waals surface area contributed by atoms with E-state index in [1.165, 1.54) is 0 Å². The number of carbonyl (C=O) groups excluding carboxylic acids is 1. The minimum Gasteiger partial charge on any atom is -0.346 e. The summed E-state index contributed by atoms with van der Waals surface area (Å²) >= 11 is 0. The highest BCUT2D eigenvalue weighted by Crippen LogP contribution is 2.24. The molecule has 0 aliphatic carbocycles. The Balaban J connectivity index is 1.73. The first-order chi connectivity index (χ1) is 10.1. The highest BCUT2D eigenvalue weighted by molar-refractivity contribution is 5.90. The van der Waals surface area contributed by atoms with Crippen LogP contribution in [0.25, 0.3) is 0 Å². The number of hydrogen-bond donors (Lipinski definition) is 2. The van der Waals surface area contributed by atoms with Crippen LogP contribution in [0.2, 0.25) is 0 Å². The second-order valence-corrected chi connectivity index (χ2v) is 5.46. The lowest BCUT2D eigenvalue weighted by Crippen LogP contribution is -2.24. The second-order valence-electron chi connectivity index (χ2n) is 5.46. The summed E-state index contributed by atoms with van der Waals surface area (Å²) in [6, 6.07) is 8.06. The minimum atomic E-state index is -0.267. The van der Waals surface area contributed by atoms with Crippen molar-refractivity contribution < 1.29 is 14.3 Å². The normalized spacial score (nSPS) is 15.6. The van der Waals surface area contributed by atoms with Gasteiger partial charge in [-0.25, -0.2) is 0 Å². The molecule has 1 aliphatic heterocycles. The summed E-state index contributed by atoms with van der Waals surface area (Å²) in [7, 11) is 0. The molecule has 2 N–H and O–H groups in total. The lowest BCUT2D eigenvalue weighted by Gasteiger charge is -2.11. The standard InChI is InChI=1S/C16H24N2O3/c1-12(2)17-9-3-4-15(19)18-14-7-5-13(6-8-14)16-20-10-11-21-16/h5-8,12,16-17H,3-4,9-11H2,1-2H3,(H,18,19). The molecule has 21 heavy (non-hydrogen) atoms. The Morgan fingerprint density at radius 2 is 1.90 bits per heavy atom. The average molecular weight is 292 g/mol. The lowest BCUT2D eigenvalue weighted by atomic mass is 10.2. The Labute approximate surface area is 126 Å². The van der Waals surface area contributed by atoms with Gasteiger partial charge in [0.2, 0.25) is 5.91 Å². The number of ether oxygens (including phenoxy) is 2. The van der Waals surface area contributed by atoms with Gasteiger partial charge in [0, 0.05) is 23.7 Å². The van der Waals surface area contributed by atoms with E-state index in [-0.39, 0.29) is 12.2 Å². The van der Waals surface area contributed by atoms with Crippen molar-refractivity contribution in [2.24, 2.45) is 0 Å². The Morgan fingerprint density at radius 1 is 1.24 bits per heavy atom. The van der Waals surface area contributed by atoms with Gasteiger partial charge in [-0.2, -0.15) is 0 Å². The van der Waals surface area contributed by atoms with Crippen LogP contribution in [0, 0.1) is 0 Å². The predicted molar refractivity (Wildman–Crippen MR) is 82.1 cm³/mol. The summed E-state index contributed by atoms with van der Waals surface area (Å²) in [6.07, 6.45) is 1.10. The van der Waals surface area contributed by atoms with Crippen molar-refractivity contribution in [1.29, 1.82) is 0 Å². The zero-order chi connectivity index (χ0) is 15.1. The number of amides is 1. The highest BCUT2D eigenvalue weighted by atomic mass is 16.7. The van der Waals surface area contributed by atoms with Crippen LogP contribution in [0.3, 0.4) is 0 Å². The van der Waals surface area contributed by atoms with E-state index in [1.54, 1.807) is 0 Å². The molecule has 1 aromatic rings. The van der Waals surface area contributed by atoms with E-state index >= 15 is 0 Å². The fraction of sp³-hybridized carbons (Fsp3) is 0.562. The quantitative estimate of drug-likeness (QED) is 0.758. The van der Waals surface area contributed by atoms with Gasteiger partial charge in [0.15, 0.2) is 6.29 Å². The van der Waals surface area contributed by atoms with Crippen molar-refractivity contribution in [3.05, 3.63) is 29.8 Å². The summed E-state index contributed by atoms with van der Waals surface area (Å²) < 4.78 is 10.9. The largest absolute Gasteiger partial charge is 0.346 e. The number of carbonyl (C=O) groups is 1. The third kappa shape index (κ3) is 5.46. The van der Waals surface area contributed by atoms with Crippen molar-refractivity contribution in [3.8, 4) is 0 Å². The first-order valence-corrected chi connectivity index (χ1v) is 7.51. The van der Waals surface area contributed by atoms with Gasteiger partial charge in [-0.15, -0.1) is 0 Å². The maximum absolute atomic E-state index is 11.8. The molecule has 116 valence electrons. The fourth-order valence-electron chi connectivity index (χ4n) is 2.14. The molecule has 2 rings (SSSR count). The monoisotopic (exact) mass is 292 g/mol. The van der Waals surface area contributed by atoms with Gasteiger partial charge in [0.05, 0.1) is 13.2 Å². The van der Waals surface area contributed by atoms with Crippen molar-refractivity contribution >= 4 is 11.6 Å². The summed E-state index contributed by atoms with van der Waals surface area (Å²) in [5.41, 5.74) is 1.78. The summed E-state index contributed by atoms with van der Waals surface area (Å²) in [4.78, 5) is 11.8. The van der Waals surface area contributed by atoms with Crippen LogP contribution < -0.4 is 10.6 Å². The first kappa shape index (κ1) is 15.9. The van der Waals surface area contributed by atoms with Gasteiger partial charge < -0.3 is 20.1 Å². The third-order valence-electron chi connectivity index (χ3n) is 3.22. The average Bonchev–Trinajstić information content (AvgIpc) is 2.98. The molecule has 1 heterocycles. The Hall–Kier alpha value is -1.43. The van der Waals surface area contributed by atoms with Crippen LogP contribution in [0.1, 0.15) is 38.5 Å². The van der Waals surface area contributed by atoms with Crippen LogP contribution in [-0.4, -0.2) is 31.7 Å². The zero-order valence-corrected chi connectivity index (χ0v) is 12.7. The Bertz CT molecular complexity index is 439. The van der Waals surface area contributed by atoms with Gasteiger partial charge in [-0.3, -0.25) is 4.79 Å². The molecule has 1 aliphatic rings. The highest BCUT2D eigenvalue weighted by Gasteiger charge is 2.17. The predicted octanol–water partition coefficient (Wildman–Crippen LogP) is 2.45. The van der Waals surface area contributed by atoms with E-state index in [0.29, 0.717) is 25.7 Å². The molecule has 0 radical (unpaired) electrons. The van der Waals surface area contributed by atoms with Crippen LogP contribution >= 0.6 is 0 Å². The number of hydrogen-bond acceptors (Lipinski definition) is 4. The fourth-order valence-corrected chi connectivity index (χ4v) is 2.14. The molecule has 1 saturated heterocycles. The van der Waals surface area contributed by atoms with Crippen molar-refractivity contribution in [2.45, 2.75) is 39.0 Å². The zero-order valence-electron chi connectivity index (χ0n) is 12.7. The van der Waals surface area contributed by atoms with Crippen LogP contribution in [-0.2, 0) is 14.3 Å². The smallest absolute Gasteiger partial charge is 0.224 e. The first-order valence-electron chi connectivity index (χ1n) is 7.51. The Kier molecular flexibility index (Phi) is 6.17. The molecule has 0 unspecified atom stereocenters. The molecule has 1 aromatic carbocycles. The van der Waals surface area contributed by atoms with Gasteiger partial charge in [0.25, 0.3) is 0 Å². The molecule has 5 heteroatoms. The molecular weight excluding hydrogens is 268 g/mol. The number of anilines is 1. The molecule has 0 spiro atoms. The number of benzene rings is 1. The van der Waals surface area contributed by atoms with E-state index in [4.69, 9.17) is 9.47 Å². The molecule has 0 saturated carbocycles. The van der Waals surface area contributed by atoms with E-state index in [0.717, 1.165) is 24.2 Å². The van der Waals surface area contributed by atoms with E-state index in [9.17, 15) is 4.79 Å². The maximum Gasteiger partial charge on any atom is 0.224 e. The number of rotatable bonds is 7. The molecule has 0 atom stereocenters. The Morgan fingerprint density at radius 3 is 2.52 bits per heavy atom. The maximum atomic E-state index is 11.8. The molecular formula is C16H24N2O3. The topological polar surface area (TPSA) is 59.6 Å². The summed E-state index contributed by atoms with van der Waals surface area (Å²) in [5.74, 6) is 0.0432. The van der Waals surface area contributed by atoms with E-state index in [2.05, 4.69) is 24.5 Å². The van der Waals surface area contributed by atoms with E-state index < -0.39 is 0 Å². The molecule has 5 nitrogen and oxygen atoms in total. The lowest BCUT2D eigenvalue weighted by molar-refractivity contribution is -0.116. The van der Waals surface area contributed by atoms with Gasteiger partial charge in [-0.05, 0) is 25.1 Å². The SMILES string of the molecule is CC(C)NCCCC(=O)Nc1ccc(C2OCCO2)cc1. The molecule has 1 amide bonds. The van der Waals surface area contributed by atoms with Gasteiger partial charge in [0.1, 0.15) is 0 Å². The van der Waals surface area contributed by atoms with Crippen LogP contribution in [0.5, 0.6) is 0 Å². The van der Waals surface area contributed by atoms with Crippen LogP contribution in [0.15, 0.2) is 24.3 Å². The van der Waals surface area contributed by atoms with Crippen molar-refractivity contribution in [1.82, 2.24) is 5.32 Å².